The van der Waals surface area contributed by atoms with Crippen LogP contribution in [0, 0.1) is 5.92 Å². The molecule has 0 saturated heterocycles. The lowest BCUT2D eigenvalue weighted by Crippen LogP contribution is -2.26. The van der Waals surface area contributed by atoms with E-state index in [1.165, 1.54) is 12.1 Å². The second-order valence-corrected chi connectivity index (χ2v) is 6.90. The molecule has 0 spiro atoms. The average Bonchev–Trinajstić information content (AvgIpc) is 2.68. The van der Waals surface area contributed by atoms with E-state index in [2.05, 4.69) is 10.6 Å². The van der Waals surface area contributed by atoms with Gasteiger partial charge in [-0.15, -0.1) is 0 Å². The third-order valence-electron chi connectivity index (χ3n) is 4.88. The summed E-state index contributed by atoms with van der Waals surface area (Å²) in [5.74, 6) is -0.659. The monoisotopic (exact) mass is 390 g/mol. The van der Waals surface area contributed by atoms with Gasteiger partial charge in [0.15, 0.2) is 0 Å². The number of benzene rings is 2. The zero-order valence-electron chi connectivity index (χ0n) is 15.2. The molecular formula is C21H21F3N2O2. The smallest absolute Gasteiger partial charge is 0.325 e. The maximum Gasteiger partial charge on any atom is 0.416 e. The van der Waals surface area contributed by atoms with Crippen molar-refractivity contribution in [1.82, 2.24) is 0 Å². The maximum atomic E-state index is 12.6. The summed E-state index contributed by atoms with van der Waals surface area (Å²) in [5.41, 5.74) is 0.103. The minimum Gasteiger partial charge on any atom is -0.325 e. The number of halogens is 3. The number of para-hydroxylation sites is 1. The second kappa shape index (κ2) is 8.46. The summed E-state index contributed by atoms with van der Waals surface area (Å²) in [7, 11) is 0. The normalized spacial score (nSPS) is 15.1. The number of amides is 2. The highest BCUT2D eigenvalue weighted by molar-refractivity contribution is 6.10. The molecule has 0 radical (unpaired) electrons. The van der Waals surface area contributed by atoms with Gasteiger partial charge in [0.25, 0.3) is 5.91 Å². The molecule has 4 nitrogen and oxygen atoms in total. The fraction of sp³-hybridized carbons (Fsp3) is 0.333. The maximum absolute atomic E-state index is 12.6. The van der Waals surface area contributed by atoms with Crippen molar-refractivity contribution in [1.29, 1.82) is 0 Å². The van der Waals surface area contributed by atoms with E-state index in [0.717, 1.165) is 44.2 Å². The van der Waals surface area contributed by atoms with E-state index in [1.807, 2.05) is 0 Å². The number of nitrogens with one attached hydrogen (secondary N) is 2. The first-order valence-corrected chi connectivity index (χ1v) is 9.23. The van der Waals surface area contributed by atoms with Crippen LogP contribution in [0.5, 0.6) is 0 Å². The number of carbonyl (C=O) groups is 2. The van der Waals surface area contributed by atoms with Gasteiger partial charge in [0.1, 0.15) is 0 Å². The van der Waals surface area contributed by atoms with E-state index in [9.17, 15) is 22.8 Å². The predicted octanol–water partition coefficient (Wildman–Crippen LogP) is 5.48. The molecule has 2 amide bonds. The Balaban J connectivity index is 1.71. The van der Waals surface area contributed by atoms with Crippen molar-refractivity contribution in [2.75, 3.05) is 10.6 Å². The summed E-state index contributed by atoms with van der Waals surface area (Å²) in [6.07, 6.45) is 0.425. The second-order valence-electron chi connectivity index (χ2n) is 6.90. The Hall–Kier alpha value is -2.83. The standard InChI is InChI=1S/C21H21F3N2O2/c22-21(23,24)15-10-12-16(13-11-15)25-20(28)17-8-4-5-9-18(17)26-19(27)14-6-2-1-3-7-14/h4-5,8-14H,1-3,6-7H2,(H,25,28)(H,26,27). The van der Waals surface area contributed by atoms with Crippen molar-refractivity contribution in [3.8, 4) is 0 Å². The summed E-state index contributed by atoms with van der Waals surface area (Å²) in [6, 6.07) is 10.8. The van der Waals surface area contributed by atoms with Crippen LogP contribution in [0.3, 0.4) is 0 Å². The Morgan fingerprint density at radius 1 is 0.857 bits per heavy atom. The molecule has 0 aliphatic heterocycles. The third kappa shape index (κ3) is 4.91. The molecular weight excluding hydrogens is 369 g/mol. The number of hydrogen-bond donors (Lipinski definition) is 2. The molecule has 28 heavy (non-hydrogen) atoms. The average molecular weight is 390 g/mol. The molecule has 7 heteroatoms. The fourth-order valence-electron chi connectivity index (χ4n) is 3.33. The molecule has 3 rings (SSSR count). The molecule has 0 heterocycles. The Morgan fingerprint density at radius 3 is 2.14 bits per heavy atom. The molecule has 148 valence electrons. The zero-order chi connectivity index (χ0) is 20.1. The molecule has 0 aromatic heterocycles. The van der Waals surface area contributed by atoms with Crippen LogP contribution in [0.25, 0.3) is 0 Å². The number of anilines is 2. The van der Waals surface area contributed by atoms with Crippen LogP contribution in [0.4, 0.5) is 24.5 Å². The number of carbonyl (C=O) groups excluding carboxylic acids is 2. The van der Waals surface area contributed by atoms with Gasteiger partial charge >= 0.3 is 6.18 Å². The highest BCUT2D eigenvalue weighted by atomic mass is 19.4. The van der Waals surface area contributed by atoms with Crippen LogP contribution in [0.1, 0.15) is 48.0 Å². The van der Waals surface area contributed by atoms with Crippen molar-refractivity contribution in [2.45, 2.75) is 38.3 Å². The van der Waals surface area contributed by atoms with Gasteiger partial charge < -0.3 is 10.6 Å². The van der Waals surface area contributed by atoms with E-state index >= 15 is 0 Å². The highest BCUT2D eigenvalue weighted by Crippen LogP contribution is 2.30. The van der Waals surface area contributed by atoms with Gasteiger partial charge in [-0.1, -0.05) is 31.4 Å². The van der Waals surface area contributed by atoms with E-state index in [4.69, 9.17) is 0 Å². The van der Waals surface area contributed by atoms with Gasteiger partial charge in [-0.05, 0) is 49.2 Å². The largest absolute Gasteiger partial charge is 0.416 e. The Morgan fingerprint density at radius 2 is 1.50 bits per heavy atom. The lowest BCUT2D eigenvalue weighted by atomic mass is 9.88. The first kappa shape index (κ1) is 19.9. The van der Waals surface area contributed by atoms with Crippen LogP contribution in [-0.2, 0) is 11.0 Å². The van der Waals surface area contributed by atoms with Gasteiger partial charge in [0.2, 0.25) is 5.91 Å². The van der Waals surface area contributed by atoms with E-state index < -0.39 is 17.6 Å². The molecule has 0 unspecified atom stereocenters. The number of hydrogen-bond acceptors (Lipinski definition) is 2. The molecule has 1 aliphatic rings. The first-order chi connectivity index (χ1) is 13.3. The molecule has 0 bridgehead atoms. The van der Waals surface area contributed by atoms with Crippen molar-refractivity contribution in [2.24, 2.45) is 5.92 Å². The fourth-order valence-corrected chi connectivity index (χ4v) is 3.33. The summed E-state index contributed by atoms with van der Waals surface area (Å²) in [4.78, 5) is 25.1. The number of rotatable bonds is 4. The van der Waals surface area contributed by atoms with Crippen molar-refractivity contribution >= 4 is 23.2 Å². The van der Waals surface area contributed by atoms with Gasteiger partial charge in [-0.3, -0.25) is 9.59 Å². The quantitative estimate of drug-likeness (QED) is 0.727. The Labute approximate surface area is 161 Å². The SMILES string of the molecule is O=C(Nc1ccc(C(F)(F)F)cc1)c1ccccc1NC(=O)C1CCCCC1. The summed E-state index contributed by atoms with van der Waals surface area (Å²) < 4.78 is 37.9. The van der Waals surface area contributed by atoms with Gasteiger partial charge in [0, 0.05) is 11.6 Å². The zero-order valence-corrected chi connectivity index (χ0v) is 15.2. The molecule has 1 aliphatic carbocycles. The van der Waals surface area contributed by atoms with E-state index in [1.54, 1.807) is 24.3 Å². The van der Waals surface area contributed by atoms with Gasteiger partial charge in [0.05, 0.1) is 16.8 Å². The van der Waals surface area contributed by atoms with Crippen LogP contribution in [0.15, 0.2) is 48.5 Å². The third-order valence-corrected chi connectivity index (χ3v) is 4.88. The topological polar surface area (TPSA) is 58.2 Å². The lowest BCUT2D eigenvalue weighted by molar-refractivity contribution is -0.137. The van der Waals surface area contributed by atoms with Gasteiger partial charge in [-0.2, -0.15) is 13.2 Å². The Bertz CT molecular complexity index is 841. The molecule has 0 atom stereocenters. The van der Waals surface area contributed by atoms with Crippen LogP contribution in [-0.4, -0.2) is 11.8 Å². The molecule has 2 aromatic rings. The Kier molecular flexibility index (Phi) is 6.02. The molecule has 2 N–H and O–H groups in total. The summed E-state index contributed by atoms with van der Waals surface area (Å²) >= 11 is 0. The van der Waals surface area contributed by atoms with Crippen molar-refractivity contribution in [3.05, 3.63) is 59.7 Å². The number of alkyl halides is 3. The highest BCUT2D eigenvalue weighted by Gasteiger charge is 2.30. The first-order valence-electron chi connectivity index (χ1n) is 9.23. The summed E-state index contributed by atoms with van der Waals surface area (Å²) in [6.45, 7) is 0. The lowest BCUT2D eigenvalue weighted by Gasteiger charge is -2.21. The minimum absolute atomic E-state index is 0.0558. The van der Waals surface area contributed by atoms with Crippen molar-refractivity contribution < 1.29 is 22.8 Å². The van der Waals surface area contributed by atoms with Crippen LogP contribution < -0.4 is 10.6 Å². The van der Waals surface area contributed by atoms with Crippen LogP contribution in [0.2, 0.25) is 0 Å². The predicted molar refractivity (Wildman–Crippen MR) is 101 cm³/mol. The molecule has 1 fully saturated rings. The van der Waals surface area contributed by atoms with E-state index in [-0.39, 0.29) is 23.1 Å². The molecule has 1 saturated carbocycles. The van der Waals surface area contributed by atoms with Crippen molar-refractivity contribution in [3.63, 3.8) is 0 Å². The summed E-state index contributed by atoms with van der Waals surface area (Å²) in [5, 5.41) is 5.40. The van der Waals surface area contributed by atoms with E-state index in [0.29, 0.717) is 5.69 Å². The minimum atomic E-state index is -4.43. The van der Waals surface area contributed by atoms with Crippen LogP contribution >= 0.6 is 0 Å². The molecule has 2 aromatic carbocycles. The van der Waals surface area contributed by atoms with Gasteiger partial charge in [-0.25, -0.2) is 0 Å².